The Morgan fingerprint density at radius 1 is 0.313 bits per heavy atom. The van der Waals surface area contributed by atoms with Crippen molar-refractivity contribution in [2.24, 2.45) is 0 Å². The number of ether oxygens (including phenoxy) is 3. The second-order valence-electron chi connectivity index (χ2n) is 19.2. The van der Waals surface area contributed by atoms with Crippen LogP contribution >= 0.6 is 0 Å². The third kappa shape index (κ3) is 53.9. The molecule has 67 heavy (non-hydrogen) atoms. The predicted molar refractivity (Wildman–Crippen MR) is 288 cm³/mol. The predicted octanol–water partition coefficient (Wildman–Crippen LogP) is 19.2. The molecule has 0 heterocycles. The van der Waals surface area contributed by atoms with Gasteiger partial charge in [-0.05, 0) is 77.0 Å². The highest BCUT2D eigenvalue weighted by atomic mass is 16.6. The van der Waals surface area contributed by atoms with E-state index in [1.807, 2.05) is 0 Å². The molecule has 1 atom stereocenters. The van der Waals surface area contributed by atoms with Gasteiger partial charge in [-0.2, -0.15) is 0 Å². The molecule has 0 aliphatic heterocycles. The molecule has 1 unspecified atom stereocenters. The maximum absolute atomic E-state index is 12.8. The van der Waals surface area contributed by atoms with Crippen LogP contribution < -0.4 is 0 Å². The third-order valence-corrected chi connectivity index (χ3v) is 12.5. The summed E-state index contributed by atoms with van der Waals surface area (Å²) in [6.45, 7) is 6.48. The molecule has 0 amide bonds. The molecule has 6 heteroatoms. The van der Waals surface area contributed by atoms with Crippen molar-refractivity contribution in [3.8, 4) is 0 Å². The third-order valence-electron chi connectivity index (χ3n) is 12.5. The first-order valence-electron chi connectivity index (χ1n) is 28.8. The van der Waals surface area contributed by atoms with Crippen LogP contribution in [0.5, 0.6) is 0 Å². The van der Waals surface area contributed by atoms with Crippen LogP contribution in [-0.4, -0.2) is 37.2 Å². The quantitative estimate of drug-likeness (QED) is 0.0262. The largest absolute Gasteiger partial charge is 0.462 e. The number of allylic oxidation sites excluding steroid dienone is 10. The molecule has 0 bridgehead atoms. The molecule has 0 fully saturated rings. The number of hydrogen-bond donors (Lipinski definition) is 0. The van der Waals surface area contributed by atoms with Crippen LogP contribution in [0, 0.1) is 0 Å². The Bertz CT molecular complexity index is 1210. The maximum atomic E-state index is 12.8. The van der Waals surface area contributed by atoms with E-state index in [1.54, 1.807) is 0 Å². The lowest BCUT2D eigenvalue weighted by Gasteiger charge is -2.18. The van der Waals surface area contributed by atoms with E-state index in [0.717, 1.165) is 109 Å². The van der Waals surface area contributed by atoms with E-state index in [2.05, 4.69) is 81.5 Å². The fourth-order valence-electron chi connectivity index (χ4n) is 8.18. The minimum atomic E-state index is -0.792. The zero-order valence-electron chi connectivity index (χ0n) is 44.4. The van der Waals surface area contributed by atoms with Crippen molar-refractivity contribution in [2.75, 3.05) is 13.2 Å². The maximum Gasteiger partial charge on any atom is 0.306 e. The molecule has 6 nitrogen and oxygen atoms in total. The van der Waals surface area contributed by atoms with Gasteiger partial charge in [-0.3, -0.25) is 14.4 Å². The van der Waals surface area contributed by atoms with E-state index in [-0.39, 0.29) is 31.1 Å². The van der Waals surface area contributed by atoms with Crippen LogP contribution in [0.25, 0.3) is 0 Å². The summed E-state index contributed by atoms with van der Waals surface area (Å²) in [6, 6.07) is 0. The van der Waals surface area contributed by atoms with Crippen LogP contribution in [0.2, 0.25) is 0 Å². The summed E-state index contributed by atoms with van der Waals surface area (Å²) < 4.78 is 16.8. The van der Waals surface area contributed by atoms with Gasteiger partial charge in [0.05, 0.1) is 0 Å². The van der Waals surface area contributed by atoms with Gasteiger partial charge in [0.15, 0.2) is 6.10 Å². The fourth-order valence-corrected chi connectivity index (χ4v) is 8.18. The summed E-state index contributed by atoms with van der Waals surface area (Å²) in [5.74, 6) is -0.921. The molecule has 0 aliphatic carbocycles. The molecule has 0 aromatic rings. The van der Waals surface area contributed by atoms with Gasteiger partial charge in [0.2, 0.25) is 0 Å². The number of esters is 3. The average Bonchev–Trinajstić information content (AvgIpc) is 3.33. The summed E-state index contributed by atoms with van der Waals surface area (Å²) in [4.78, 5) is 38.1. The van der Waals surface area contributed by atoms with E-state index in [9.17, 15) is 14.4 Å². The molecule has 0 aromatic carbocycles. The van der Waals surface area contributed by atoms with Crippen LogP contribution in [0.3, 0.4) is 0 Å². The van der Waals surface area contributed by atoms with E-state index < -0.39 is 6.10 Å². The highest BCUT2D eigenvalue weighted by molar-refractivity contribution is 5.71. The molecule has 0 spiro atoms. The van der Waals surface area contributed by atoms with Crippen LogP contribution in [-0.2, 0) is 28.6 Å². The molecule has 0 rings (SSSR count). The van der Waals surface area contributed by atoms with Crippen molar-refractivity contribution in [3.05, 3.63) is 60.8 Å². The van der Waals surface area contributed by atoms with Crippen LogP contribution in [0.1, 0.15) is 290 Å². The number of hydrogen-bond acceptors (Lipinski definition) is 6. The number of carbonyl (C=O) groups excluding carboxylic acids is 3. The monoisotopic (exact) mass is 937 g/mol. The Kier molecular flexibility index (Phi) is 53.3. The van der Waals surface area contributed by atoms with E-state index in [4.69, 9.17) is 14.2 Å². The normalized spacial score (nSPS) is 12.5. The van der Waals surface area contributed by atoms with Crippen molar-refractivity contribution in [3.63, 3.8) is 0 Å². The molecule has 0 aliphatic rings. The van der Waals surface area contributed by atoms with Gasteiger partial charge in [0.1, 0.15) is 13.2 Å². The highest BCUT2D eigenvalue weighted by Crippen LogP contribution is 2.17. The summed E-state index contributed by atoms with van der Waals surface area (Å²) in [7, 11) is 0. The Labute approximate surface area is 415 Å². The van der Waals surface area contributed by atoms with Crippen LogP contribution in [0.4, 0.5) is 0 Å². The molecule has 0 saturated heterocycles. The molecule has 0 radical (unpaired) electrons. The standard InChI is InChI=1S/C61H108O6/c1-4-7-10-13-16-19-22-25-27-28-29-30-31-32-33-34-37-39-42-45-48-51-54-60(63)66-57-58(56-65-59(62)53-50-47-44-41-38-35-24-21-18-15-12-9-6-3)67-61(64)55-52-49-46-43-40-36-26-23-20-17-14-11-8-5-2/h9,12,14,17-18,21,23,26,35,38,58H,4-8,10-11,13,15-16,19-20,22,24-25,27-34,36-37,39-57H2,1-3H3/b12-9-,17-14-,21-18-,26-23-,38-35-. The number of carbonyl (C=O) groups is 3. The summed E-state index contributed by atoms with van der Waals surface area (Å²) in [6.07, 6.45) is 69.4. The van der Waals surface area contributed by atoms with Gasteiger partial charge in [-0.25, -0.2) is 0 Å². The molecule has 0 saturated carbocycles. The highest BCUT2D eigenvalue weighted by Gasteiger charge is 2.19. The lowest BCUT2D eigenvalue weighted by atomic mass is 10.0. The molecular weight excluding hydrogens is 829 g/mol. The summed E-state index contributed by atoms with van der Waals surface area (Å²) in [5.41, 5.74) is 0. The Morgan fingerprint density at radius 2 is 0.597 bits per heavy atom. The minimum Gasteiger partial charge on any atom is -0.462 e. The van der Waals surface area contributed by atoms with Crippen molar-refractivity contribution in [1.29, 1.82) is 0 Å². The summed E-state index contributed by atoms with van der Waals surface area (Å²) in [5, 5.41) is 0. The Morgan fingerprint density at radius 3 is 0.970 bits per heavy atom. The first-order chi connectivity index (χ1) is 33.0. The number of rotatable bonds is 52. The Hall–Kier alpha value is -2.89. The summed E-state index contributed by atoms with van der Waals surface area (Å²) >= 11 is 0. The molecule has 0 N–H and O–H groups in total. The topological polar surface area (TPSA) is 78.9 Å². The van der Waals surface area contributed by atoms with Crippen molar-refractivity contribution < 1.29 is 28.6 Å². The van der Waals surface area contributed by atoms with Gasteiger partial charge in [-0.15, -0.1) is 0 Å². The van der Waals surface area contributed by atoms with Gasteiger partial charge in [0.25, 0.3) is 0 Å². The van der Waals surface area contributed by atoms with E-state index >= 15 is 0 Å². The zero-order valence-corrected chi connectivity index (χ0v) is 44.4. The Balaban J connectivity index is 4.31. The van der Waals surface area contributed by atoms with Crippen LogP contribution in [0.15, 0.2) is 60.8 Å². The minimum absolute atomic E-state index is 0.0871. The zero-order chi connectivity index (χ0) is 48.6. The first kappa shape index (κ1) is 64.1. The number of unbranched alkanes of at least 4 members (excludes halogenated alkanes) is 31. The second-order valence-corrected chi connectivity index (χ2v) is 19.2. The molecule has 0 aromatic heterocycles. The van der Waals surface area contributed by atoms with Gasteiger partial charge < -0.3 is 14.2 Å². The van der Waals surface area contributed by atoms with Gasteiger partial charge >= 0.3 is 17.9 Å². The van der Waals surface area contributed by atoms with Crippen molar-refractivity contribution >= 4 is 17.9 Å². The first-order valence-corrected chi connectivity index (χ1v) is 28.8. The SMILES string of the molecule is CC/C=C\C/C=C\C/C=C\CCCCCC(=O)OCC(COC(=O)CCCCCCCCCCCCCCCCCCCCCCCC)OC(=O)CCCCCCC/C=C\C/C=C\CCCC. The smallest absolute Gasteiger partial charge is 0.306 e. The lowest BCUT2D eigenvalue weighted by Crippen LogP contribution is -2.30. The average molecular weight is 938 g/mol. The fraction of sp³-hybridized carbons (Fsp3) is 0.787. The molecular formula is C61H108O6. The second kappa shape index (κ2) is 55.7. The van der Waals surface area contributed by atoms with E-state index in [1.165, 1.54) is 141 Å². The lowest BCUT2D eigenvalue weighted by molar-refractivity contribution is -0.167. The van der Waals surface area contributed by atoms with Gasteiger partial charge in [-0.1, -0.05) is 255 Å². The van der Waals surface area contributed by atoms with Crippen molar-refractivity contribution in [1.82, 2.24) is 0 Å². The van der Waals surface area contributed by atoms with E-state index in [0.29, 0.717) is 19.3 Å². The van der Waals surface area contributed by atoms with Crippen molar-refractivity contribution in [2.45, 2.75) is 297 Å². The van der Waals surface area contributed by atoms with Gasteiger partial charge in [0, 0.05) is 19.3 Å². The molecule has 388 valence electrons.